The summed E-state index contributed by atoms with van der Waals surface area (Å²) in [6.07, 6.45) is 11.6. The van der Waals surface area contributed by atoms with Crippen molar-refractivity contribution in [2.24, 2.45) is 21.1 Å². The van der Waals surface area contributed by atoms with Gasteiger partial charge in [-0.3, -0.25) is 37.8 Å². The van der Waals surface area contributed by atoms with Crippen LogP contribution in [0.5, 0.6) is 51.7 Å². The minimum atomic E-state index is -3.48. The van der Waals surface area contributed by atoms with Gasteiger partial charge in [0, 0.05) is 199 Å². The predicted octanol–water partition coefficient (Wildman–Crippen LogP) is 17.8. The summed E-state index contributed by atoms with van der Waals surface area (Å²) in [5, 5.41) is 14.6. The normalized spacial score (nSPS) is 16.5. The number of carbonyl (C=O) groups is 4. The number of hydrogen-bond acceptors (Lipinski definition) is 18. The van der Waals surface area contributed by atoms with Crippen molar-refractivity contribution < 1.29 is 92.2 Å². The number of fused-ring (bicyclic) bond motifs is 16. The topological polar surface area (TPSA) is 257 Å². The maximum atomic E-state index is 14.5. The highest BCUT2D eigenvalue weighted by atomic mass is 35.5. The summed E-state index contributed by atoms with van der Waals surface area (Å²) < 4.78 is 148. The molecule has 4 spiro atoms. The van der Waals surface area contributed by atoms with Gasteiger partial charge in [0.25, 0.3) is 23.6 Å². The molecule has 0 radical (unpaired) electrons. The van der Waals surface area contributed by atoms with E-state index in [0.29, 0.717) is 143 Å². The summed E-state index contributed by atoms with van der Waals surface area (Å²) in [4.78, 5) is 59.4. The molecular weight excluding hydrogens is 1730 g/mol. The molecule has 0 N–H and O–H groups in total. The molecule has 4 fully saturated rings. The molecule has 131 heavy (non-hydrogen) atoms. The molecule has 4 saturated heterocycles. The van der Waals surface area contributed by atoms with E-state index in [-0.39, 0.29) is 69.2 Å². The van der Waals surface area contributed by atoms with Crippen LogP contribution in [0, 0.1) is 5.82 Å². The smallest absolute Gasteiger partial charge is 0.387 e. The molecule has 0 atom stereocenters. The van der Waals surface area contributed by atoms with Crippen LogP contribution in [0.15, 0.2) is 212 Å². The van der Waals surface area contributed by atoms with Crippen LogP contribution in [0.3, 0.4) is 0 Å². The van der Waals surface area contributed by atoms with Crippen molar-refractivity contribution in [3.05, 3.63) is 262 Å². The van der Waals surface area contributed by atoms with E-state index in [1.807, 2.05) is 160 Å². The maximum absolute atomic E-state index is 14.5. The summed E-state index contributed by atoms with van der Waals surface area (Å²) >= 11 is 6.21. The summed E-state index contributed by atoms with van der Waals surface area (Å²) in [7, 11) is 3.82. The Labute approximate surface area is 758 Å². The molecule has 0 unspecified atom stereocenters. The van der Waals surface area contributed by atoms with Crippen molar-refractivity contribution in [3.63, 3.8) is 0 Å². The van der Waals surface area contributed by atoms with Gasteiger partial charge in [-0.2, -0.15) is 32.9 Å². The molecule has 0 bridgehead atoms. The lowest BCUT2D eigenvalue weighted by Gasteiger charge is -2.45. The number of alkyl halides is 4. The van der Waals surface area contributed by atoms with Gasteiger partial charge in [0.1, 0.15) is 67.7 Å². The van der Waals surface area contributed by atoms with E-state index in [1.165, 1.54) is 54.8 Å². The molecule has 682 valence electrons. The third-order valence-electron chi connectivity index (χ3n) is 25.0. The van der Waals surface area contributed by atoms with Crippen molar-refractivity contribution >= 4 is 45.1 Å². The average molecular weight is 1830 g/mol. The first kappa shape index (κ1) is 89.6. The molecule has 12 heterocycles. The number of likely N-dealkylation sites (tertiary alicyclic amines) is 4. The Balaban J connectivity index is 0.000000122. The number of halogens is 6. The van der Waals surface area contributed by atoms with Crippen LogP contribution in [0.2, 0.25) is 5.02 Å². The first-order valence-electron chi connectivity index (χ1n) is 43.3. The van der Waals surface area contributed by atoms with Crippen LogP contribution in [0.4, 0.5) is 22.0 Å². The van der Waals surface area contributed by atoms with Gasteiger partial charge in [0.05, 0.1) is 48.2 Å². The zero-order valence-electron chi connectivity index (χ0n) is 73.5. The molecule has 8 aliphatic rings. The molecule has 8 aromatic carbocycles. The van der Waals surface area contributed by atoms with Gasteiger partial charge in [0.15, 0.2) is 38.5 Å². The number of carbonyl (C=O) groups excluding carboxylic acids is 4. The van der Waals surface area contributed by atoms with E-state index >= 15 is 0 Å². The number of para-hydroxylation sites is 5. The summed E-state index contributed by atoms with van der Waals surface area (Å²) in [6, 6.07) is 53.7. The number of sulfone groups is 1. The SMILES string of the molecule is CC(C)Oc1ccc(C(=O)N2CCC3(CC2)Oc2ccccc2-n2c3ccc2S(C)(=O)=O)cc1F.COc1cc(C(=O)N2CCC3(CC2)Oc2ccccc2-c2nn(C)cc23)ccc1OC(C)C.Cn1cc2c(n1)-c1ccccc1OC21CCN(C(=O)c2ccc(OC(F)F)cc2)CC1.Cn1ncc2c1-c1cc(Cl)ccc1OC21CCN(C(=O)c2ccccc2OC(F)F)CC1. The van der Waals surface area contributed by atoms with Crippen molar-refractivity contribution in [2.45, 2.75) is 132 Å². The number of aryl methyl sites for hydroxylation is 3. The number of piperidine rings is 4. The maximum Gasteiger partial charge on any atom is 0.387 e. The van der Waals surface area contributed by atoms with E-state index in [2.05, 4.69) is 25.9 Å². The van der Waals surface area contributed by atoms with Crippen LogP contribution >= 0.6 is 11.6 Å². The molecule has 4 aromatic heterocycles. The fraction of sp³-hybridized carbons (Fsp3) is 0.337. The molecular formula is C98H97ClF5N11O15S. The lowest BCUT2D eigenvalue weighted by molar-refractivity contribution is -0.0509. The van der Waals surface area contributed by atoms with Gasteiger partial charge in [-0.1, -0.05) is 60.1 Å². The van der Waals surface area contributed by atoms with Gasteiger partial charge in [-0.15, -0.1) is 0 Å². The molecule has 0 aliphatic carbocycles. The van der Waals surface area contributed by atoms with E-state index in [0.717, 1.165) is 73.4 Å². The number of nitrogens with zero attached hydrogens (tertiary/aromatic N) is 11. The number of ether oxygens (including phenoxy) is 9. The molecule has 4 amide bonds. The molecule has 8 aliphatic heterocycles. The van der Waals surface area contributed by atoms with Crippen molar-refractivity contribution in [2.75, 3.05) is 65.7 Å². The number of aromatic nitrogens is 7. The van der Waals surface area contributed by atoms with Crippen LogP contribution in [0.1, 0.15) is 143 Å². The average Bonchev–Trinajstić information content (AvgIpc) is 1.65. The van der Waals surface area contributed by atoms with Gasteiger partial charge in [0.2, 0.25) is 0 Å². The van der Waals surface area contributed by atoms with Crippen LogP contribution in [-0.2, 0) is 53.4 Å². The lowest BCUT2D eigenvalue weighted by Crippen LogP contribution is -2.50. The standard InChI is InChI=1S/C26H27FN2O5S.C26H29N3O4.C23H20ClF2N3O3.C23H21F2N3O3/c1-17(2)33-21-9-8-18(16-19(21)27)25(30)28-14-12-26(13-15-28)23-10-11-24(35(3,31)32)29(23)20-6-4-5-7-22(20)34-26;1-17(2)32-22-10-9-18(15-23(22)31-4)25(30)29-13-11-26(12-14-29)20-16-28(3)27-24(20)19-7-5-6-8-21(19)33-26;1-28-20-16-12-14(24)6-7-19(16)32-23(17(20)13-27-28)8-10-29(11-9-23)21(30)15-4-2-3-5-18(15)31-22(25)26;1-27-14-18-20(26-27)17-4-2-3-5-19(17)31-23(18)10-12-28(13-11-23)21(29)15-6-8-16(9-7-15)30-22(24)25/h4-11,16-17H,12-15H2,1-3H3;5-10,15-17H,11-14H2,1-4H3;2-7,12-13,22H,8-11H2,1H3;2-9,14,22H,10-13H2,1H3. The van der Waals surface area contributed by atoms with E-state index in [4.69, 9.17) is 49.9 Å². The van der Waals surface area contributed by atoms with E-state index < -0.39 is 51.3 Å². The molecule has 26 nitrogen and oxygen atoms in total. The summed E-state index contributed by atoms with van der Waals surface area (Å²) in [5.41, 5.74) is 9.31. The third-order valence-corrected chi connectivity index (χ3v) is 26.3. The Morgan fingerprint density at radius 3 is 1.43 bits per heavy atom. The highest BCUT2D eigenvalue weighted by Gasteiger charge is 2.51. The van der Waals surface area contributed by atoms with Gasteiger partial charge in [-0.05, 0) is 167 Å². The molecule has 0 saturated carbocycles. The fourth-order valence-corrected chi connectivity index (χ4v) is 19.8. The van der Waals surface area contributed by atoms with E-state index in [1.54, 1.807) is 85.7 Å². The van der Waals surface area contributed by atoms with Crippen LogP contribution in [-0.4, -0.2) is 177 Å². The Hall–Kier alpha value is -13.4. The number of methoxy groups -OCH3 is 1. The van der Waals surface area contributed by atoms with Crippen molar-refractivity contribution in [3.8, 4) is 91.2 Å². The van der Waals surface area contributed by atoms with E-state index in [9.17, 15) is 49.5 Å². The highest BCUT2D eigenvalue weighted by Crippen LogP contribution is 2.54. The quantitative estimate of drug-likeness (QED) is 0.0917. The Morgan fingerprint density at radius 2 is 0.901 bits per heavy atom. The van der Waals surface area contributed by atoms with Gasteiger partial charge < -0.3 is 62.2 Å². The molecule has 12 aromatic rings. The predicted molar refractivity (Wildman–Crippen MR) is 477 cm³/mol. The highest BCUT2D eigenvalue weighted by molar-refractivity contribution is 7.90. The summed E-state index contributed by atoms with van der Waals surface area (Å²) in [5.74, 6) is 2.88. The number of rotatable bonds is 14. The Bertz CT molecular complexity index is 6440. The second-order valence-corrected chi connectivity index (χ2v) is 36.5. The molecule has 20 rings (SSSR count). The second kappa shape index (κ2) is 36.2. The third kappa shape index (κ3) is 17.8. The Kier molecular flexibility index (Phi) is 24.7. The second-order valence-electron chi connectivity index (χ2n) is 34.1. The first-order chi connectivity index (χ1) is 62.8. The zero-order valence-corrected chi connectivity index (χ0v) is 75.0. The van der Waals surface area contributed by atoms with Crippen molar-refractivity contribution in [1.29, 1.82) is 0 Å². The van der Waals surface area contributed by atoms with Crippen LogP contribution < -0.4 is 42.6 Å². The number of benzene rings is 8. The molecule has 33 heteroatoms. The summed E-state index contributed by atoms with van der Waals surface area (Å²) in [6.45, 7) is 5.45. The van der Waals surface area contributed by atoms with Gasteiger partial charge >= 0.3 is 13.2 Å². The van der Waals surface area contributed by atoms with Gasteiger partial charge in [-0.25, -0.2) is 12.8 Å². The first-order valence-corrected chi connectivity index (χ1v) is 45.5. The lowest BCUT2D eigenvalue weighted by atomic mass is 9.81. The number of hydrogen-bond donors (Lipinski definition) is 0. The Morgan fingerprint density at radius 1 is 0.450 bits per heavy atom. The minimum absolute atomic E-state index is 0.0122. The minimum Gasteiger partial charge on any atom is -0.493 e. The zero-order chi connectivity index (χ0) is 92.2. The van der Waals surface area contributed by atoms with Crippen molar-refractivity contribution in [1.82, 2.24) is 53.5 Å². The largest absolute Gasteiger partial charge is 0.493 e. The fourth-order valence-electron chi connectivity index (χ4n) is 18.7. The van der Waals surface area contributed by atoms with Crippen LogP contribution in [0.25, 0.3) is 39.5 Å². The number of amides is 4. The monoisotopic (exact) mass is 1830 g/mol.